The van der Waals surface area contributed by atoms with Gasteiger partial charge in [0.05, 0.1) is 30.0 Å². The third-order valence-electron chi connectivity index (χ3n) is 5.91. The van der Waals surface area contributed by atoms with Crippen molar-refractivity contribution in [3.63, 3.8) is 0 Å². The van der Waals surface area contributed by atoms with Gasteiger partial charge in [0, 0.05) is 36.8 Å². The molecule has 0 radical (unpaired) electrons. The molecule has 0 atom stereocenters. The van der Waals surface area contributed by atoms with Crippen molar-refractivity contribution >= 4 is 38.9 Å². The van der Waals surface area contributed by atoms with Gasteiger partial charge in [-0.25, -0.2) is 8.42 Å². The van der Waals surface area contributed by atoms with E-state index in [-0.39, 0.29) is 10.6 Å². The number of amides is 1. The van der Waals surface area contributed by atoms with E-state index < -0.39 is 15.9 Å². The number of piperazine rings is 1. The largest absolute Gasteiger partial charge is 0.495 e. The summed E-state index contributed by atoms with van der Waals surface area (Å²) in [5.74, 6) is 0.744. The van der Waals surface area contributed by atoms with Crippen LogP contribution < -0.4 is 19.7 Å². The van der Waals surface area contributed by atoms with Crippen LogP contribution in [-0.4, -0.2) is 58.5 Å². The number of hydrogen-bond acceptors (Lipinski definition) is 6. The zero-order valence-electron chi connectivity index (χ0n) is 20.1. The van der Waals surface area contributed by atoms with Crippen molar-refractivity contribution in [1.82, 2.24) is 4.31 Å². The number of nitrogens with zero attached hydrogens (tertiary/aromatic N) is 2. The maximum Gasteiger partial charge on any atom is 0.255 e. The molecule has 3 aromatic carbocycles. The van der Waals surface area contributed by atoms with Gasteiger partial charge in [0.2, 0.25) is 10.0 Å². The summed E-state index contributed by atoms with van der Waals surface area (Å²) in [6, 6.07) is 18.6. The first kappa shape index (κ1) is 25.8. The van der Waals surface area contributed by atoms with E-state index in [2.05, 4.69) is 10.2 Å². The Labute approximate surface area is 216 Å². The van der Waals surface area contributed by atoms with Gasteiger partial charge in [-0.15, -0.1) is 0 Å². The van der Waals surface area contributed by atoms with Crippen molar-refractivity contribution in [3.05, 3.63) is 77.3 Å². The summed E-state index contributed by atoms with van der Waals surface area (Å²) >= 11 is 5.91. The SMILES string of the molecule is CCOc1ccc(S(=O)(=O)N2CCN(c3ccccc3OC)CC2)cc1NC(=O)c1ccc(Cl)cc1. The minimum Gasteiger partial charge on any atom is -0.495 e. The highest BCUT2D eigenvalue weighted by Crippen LogP contribution is 2.32. The molecule has 190 valence electrons. The Bertz CT molecular complexity index is 1320. The fourth-order valence-corrected chi connectivity index (χ4v) is 5.63. The molecule has 1 fully saturated rings. The third-order valence-corrected chi connectivity index (χ3v) is 8.05. The van der Waals surface area contributed by atoms with Crippen LogP contribution >= 0.6 is 11.6 Å². The fraction of sp³-hybridized carbons (Fsp3) is 0.269. The summed E-state index contributed by atoms with van der Waals surface area (Å²) in [4.78, 5) is 15.0. The standard InChI is InChI=1S/C26H28ClN3O5S/c1-3-35-24-13-12-21(18-22(24)28-26(31)19-8-10-20(27)11-9-19)36(32,33)30-16-14-29(15-17-30)23-6-4-5-7-25(23)34-2/h4-13,18H,3,14-17H2,1-2H3,(H,28,31). The number of halogens is 1. The summed E-state index contributed by atoms with van der Waals surface area (Å²) in [7, 11) is -2.17. The number of methoxy groups -OCH3 is 1. The second-order valence-electron chi connectivity index (χ2n) is 8.11. The topological polar surface area (TPSA) is 88.2 Å². The molecular weight excluding hydrogens is 502 g/mol. The van der Waals surface area contributed by atoms with Crippen molar-refractivity contribution < 1.29 is 22.7 Å². The van der Waals surface area contributed by atoms with Crippen LogP contribution in [-0.2, 0) is 10.0 Å². The number of para-hydroxylation sites is 2. The molecule has 1 aliphatic heterocycles. The van der Waals surface area contributed by atoms with Gasteiger partial charge in [0.15, 0.2) is 0 Å². The molecule has 1 amide bonds. The summed E-state index contributed by atoms with van der Waals surface area (Å²) in [6.07, 6.45) is 0. The summed E-state index contributed by atoms with van der Waals surface area (Å²) < 4.78 is 39.5. The first-order valence-electron chi connectivity index (χ1n) is 11.6. The van der Waals surface area contributed by atoms with E-state index in [9.17, 15) is 13.2 Å². The van der Waals surface area contributed by atoms with Crippen LogP contribution in [0.3, 0.4) is 0 Å². The normalized spacial score (nSPS) is 14.4. The maximum absolute atomic E-state index is 13.5. The maximum atomic E-state index is 13.5. The number of anilines is 2. The smallest absolute Gasteiger partial charge is 0.255 e. The Morgan fingerprint density at radius 2 is 1.67 bits per heavy atom. The van der Waals surface area contributed by atoms with E-state index in [4.69, 9.17) is 21.1 Å². The molecule has 0 unspecified atom stereocenters. The first-order valence-corrected chi connectivity index (χ1v) is 13.4. The van der Waals surface area contributed by atoms with Gasteiger partial charge in [-0.1, -0.05) is 23.7 Å². The van der Waals surface area contributed by atoms with Crippen molar-refractivity contribution in [1.29, 1.82) is 0 Å². The van der Waals surface area contributed by atoms with Gasteiger partial charge in [0.25, 0.3) is 5.91 Å². The number of carbonyl (C=O) groups excluding carboxylic acids is 1. The van der Waals surface area contributed by atoms with Crippen LogP contribution in [0.1, 0.15) is 17.3 Å². The number of ether oxygens (including phenoxy) is 2. The number of nitrogens with one attached hydrogen (secondary N) is 1. The van der Waals surface area contributed by atoms with E-state index >= 15 is 0 Å². The molecular formula is C26H28ClN3O5S. The predicted octanol–water partition coefficient (Wildman–Crippen LogP) is 4.51. The molecule has 4 rings (SSSR count). The Kier molecular flexibility index (Phi) is 8.03. The predicted molar refractivity (Wildman–Crippen MR) is 141 cm³/mol. The van der Waals surface area contributed by atoms with Crippen LogP contribution in [0, 0.1) is 0 Å². The molecule has 1 heterocycles. The van der Waals surface area contributed by atoms with E-state index in [0.717, 1.165) is 11.4 Å². The Hall–Kier alpha value is -3.27. The zero-order valence-corrected chi connectivity index (χ0v) is 21.7. The number of benzene rings is 3. The second-order valence-corrected chi connectivity index (χ2v) is 10.5. The molecule has 0 bridgehead atoms. The van der Waals surface area contributed by atoms with Gasteiger partial charge in [-0.05, 0) is 61.5 Å². The van der Waals surface area contributed by atoms with E-state index in [1.165, 1.54) is 16.4 Å². The fourth-order valence-electron chi connectivity index (χ4n) is 4.05. The van der Waals surface area contributed by atoms with Crippen molar-refractivity contribution in [2.75, 3.05) is 50.1 Å². The van der Waals surface area contributed by atoms with E-state index in [0.29, 0.717) is 49.1 Å². The van der Waals surface area contributed by atoms with Crippen LogP contribution in [0.25, 0.3) is 0 Å². The second kappa shape index (κ2) is 11.2. The lowest BCUT2D eigenvalue weighted by Crippen LogP contribution is -2.48. The average molecular weight is 530 g/mol. The van der Waals surface area contributed by atoms with Gasteiger partial charge < -0.3 is 19.7 Å². The molecule has 8 nitrogen and oxygen atoms in total. The Morgan fingerprint density at radius 3 is 2.33 bits per heavy atom. The lowest BCUT2D eigenvalue weighted by molar-refractivity contribution is 0.102. The highest BCUT2D eigenvalue weighted by molar-refractivity contribution is 7.89. The van der Waals surface area contributed by atoms with E-state index in [1.54, 1.807) is 37.4 Å². The number of sulfonamides is 1. The molecule has 1 saturated heterocycles. The molecule has 0 aliphatic carbocycles. The lowest BCUT2D eigenvalue weighted by Gasteiger charge is -2.36. The van der Waals surface area contributed by atoms with Crippen LogP contribution in [0.4, 0.5) is 11.4 Å². The molecule has 1 aliphatic rings. The van der Waals surface area contributed by atoms with Crippen molar-refractivity contribution in [2.45, 2.75) is 11.8 Å². The Balaban J connectivity index is 1.53. The lowest BCUT2D eigenvalue weighted by atomic mass is 10.2. The first-order chi connectivity index (χ1) is 17.3. The van der Waals surface area contributed by atoms with Gasteiger partial charge in [0.1, 0.15) is 11.5 Å². The summed E-state index contributed by atoms with van der Waals surface area (Å²) in [5.41, 5.74) is 1.61. The van der Waals surface area contributed by atoms with Crippen LogP contribution in [0.5, 0.6) is 11.5 Å². The zero-order chi connectivity index (χ0) is 25.7. The number of carbonyl (C=O) groups is 1. The minimum absolute atomic E-state index is 0.0862. The molecule has 10 heteroatoms. The molecule has 3 aromatic rings. The molecule has 0 spiro atoms. The molecule has 0 aromatic heterocycles. The highest BCUT2D eigenvalue weighted by atomic mass is 35.5. The molecule has 36 heavy (non-hydrogen) atoms. The monoisotopic (exact) mass is 529 g/mol. The molecule has 0 saturated carbocycles. The summed E-state index contributed by atoms with van der Waals surface area (Å²) in [6.45, 7) is 3.87. The third kappa shape index (κ3) is 5.59. The van der Waals surface area contributed by atoms with Crippen molar-refractivity contribution in [2.24, 2.45) is 0 Å². The van der Waals surface area contributed by atoms with Crippen LogP contribution in [0.15, 0.2) is 71.6 Å². The number of hydrogen-bond donors (Lipinski definition) is 1. The quantitative estimate of drug-likeness (QED) is 0.462. The highest BCUT2D eigenvalue weighted by Gasteiger charge is 2.30. The van der Waals surface area contributed by atoms with E-state index in [1.807, 2.05) is 31.2 Å². The summed E-state index contributed by atoms with van der Waals surface area (Å²) in [5, 5.41) is 3.29. The number of rotatable bonds is 8. The van der Waals surface area contributed by atoms with Crippen molar-refractivity contribution in [3.8, 4) is 11.5 Å². The average Bonchev–Trinajstić information content (AvgIpc) is 2.90. The van der Waals surface area contributed by atoms with Gasteiger partial charge >= 0.3 is 0 Å². The Morgan fingerprint density at radius 1 is 0.972 bits per heavy atom. The van der Waals surface area contributed by atoms with Crippen LogP contribution in [0.2, 0.25) is 5.02 Å². The minimum atomic E-state index is -3.79. The molecule has 1 N–H and O–H groups in total. The van der Waals surface area contributed by atoms with Gasteiger partial charge in [-0.3, -0.25) is 4.79 Å². The van der Waals surface area contributed by atoms with Gasteiger partial charge in [-0.2, -0.15) is 4.31 Å².